The van der Waals surface area contributed by atoms with Crippen molar-refractivity contribution in [2.24, 2.45) is 5.73 Å². The highest BCUT2D eigenvalue weighted by Gasteiger charge is 2.23. The maximum Gasteiger partial charge on any atom is 0.261 e. The number of carbonyl (C=O) groups is 2. The number of phenolic OH excluding ortho intramolecular Hbond substituents is 1. The smallest absolute Gasteiger partial charge is 0.261 e. The molecule has 2 aromatic carbocycles. The number of amides is 2. The molecule has 0 aliphatic heterocycles. The molecule has 29 heavy (non-hydrogen) atoms. The lowest BCUT2D eigenvalue weighted by Crippen LogP contribution is -2.48. The Morgan fingerprint density at radius 3 is 2.28 bits per heavy atom. The monoisotopic (exact) mass is 402 g/mol. The number of nitrogens with one attached hydrogen (secondary N) is 1. The van der Waals surface area contributed by atoms with Gasteiger partial charge in [0.05, 0.1) is 6.54 Å². The number of nitrogens with zero attached hydrogens (tertiary/aromatic N) is 2. The number of para-hydroxylation sites is 1. The number of hydrogen-bond acceptors (Lipinski definition) is 7. The molecule has 0 aromatic heterocycles. The molecule has 156 valence electrons. The van der Waals surface area contributed by atoms with E-state index in [1.54, 1.807) is 28.6 Å². The van der Waals surface area contributed by atoms with Crippen LogP contribution >= 0.6 is 0 Å². The Morgan fingerprint density at radius 2 is 1.66 bits per heavy atom. The predicted octanol–water partition coefficient (Wildman–Crippen LogP) is 0.00550. The zero-order chi connectivity index (χ0) is 21.2. The van der Waals surface area contributed by atoms with Crippen molar-refractivity contribution in [3.8, 4) is 5.75 Å². The van der Waals surface area contributed by atoms with Crippen LogP contribution < -0.4 is 11.2 Å². The van der Waals surface area contributed by atoms with Crippen LogP contribution in [-0.4, -0.2) is 62.9 Å². The van der Waals surface area contributed by atoms with Crippen molar-refractivity contribution in [3.05, 3.63) is 65.7 Å². The second kappa shape index (κ2) is 11.1. The molecule has 6 N–H and O–H groups in total. The van der Waals surface area contributed by atoms with Gasteiger partial charge >= 0.3 is 0 Å². The van der Waals surface area contributed by atoms with Crippen molar-refractivity contribution in [1.29, 1.82) is 0 Å². The van der Waals surface area contributed by atoms with Crippen LogP contribution in [0.1, 0.15) is 11.1 Å². The summed E-state index contributed by atoms with van der Waals surface area (Å²) in [5.74, 6) is -1.41. The van der Waals surface area contributed by atoms with E-state index >= 15 is 0 Å². The number of aliphatic hydroxyl groups excluding tert-OH is 1. The van der Waals surface area contributed by atoms with Crippen LogP contribution in [0.3, 0.4) is 0 Å². The predicted molar refractivity (Wildman–Crippen MR) is 105 cm³/mol. The fraction of sp³-hybridized carbons (Fsp3) is 0.300. The maximum atomic E-state index is 11.7. The summed E-state index contributed by atoms with van der Waals surface area (Å²) in [7, 11) is 0. The number of primary amides is 1. The molecule has 9 nitrogen and oxygen atoms in total. The molecule has 2 aromatic rings. The van der Waals surface area contributed by atoms with Crippen molar-refractivity contribution in [3.63, 3.8) is 0 Å². The topological polar surface area (TPSA) is 139 Å². The zero-order valence-electron chi connectivity index (χ0n) is 15.9. The molecular formula is C20H26N4O5. The number of rotatable bonds is 11. The third-order valence-electron chi connectivity index (χ3n) is 4.41. The van der Waals surface area contributed by atoms with Gasteiger partial charge < -0.3 is 15.9 Å². The molecule has 0 fully saturated rings. The van der Waals surface area contributed by atoms with Crippen LogP contribution in [-0.2, 0) is 22.7 Å². The maximum absolute atomic E-state index is 11.7. The number of benzene rings is 2. The van der Waals surface area contributed by atoms with Gasteiger partial charge in [-0.15, -0.1) is 0 Å². The van der Waals surface area contributed by atoms with E-state index in [4.69, 9.17) is 10.9 Å². The molecule has 9 heteroatoms. The number of hydrogen-bond donors (Lipinski definition) is 5. The fourth-order valence-corrected chi connectivity index (χ4v) is 2.89. The lowest BCUT2D eigenvalue weighted by atomic mass is 10.2. The highest BCUT2D eigenvalue weighted by atomic mass is 16.5. The minimum atomic E-state index is -1.49. The third kappa shape index (κ3) is 7.16. The Morgan fingerprint density at radius 1 is 1.00 bits per heavy atom. The number of aromatic hydroxyl groups is 1. The number of carbonyl (C=O) groups excluding carboxylic acids is 2. The van der Waals surface area contributed by atoms with Gasteiger partial charge in [0, 0.05) is 31.7 Å². The van der Waals surface area contributed by atoms with Gasteiger partial charge in [0.2, 0.25) is 0 Å². The minimum Gasteiger partial charge on any atom is -0.508 e. The van der Waals surface area contributed by atoms with E-state index in [2.05, 4.69) is 0 Å². The summed E-state index contributed by atoms with van der Waals surface area (Å²) in [6, 6.07) is 16.0. The van der Waals surface area contributed by atoms with E-state index in [9.17, 15) is 19.8 Å². The zero-order valence-corrected chi connectivity index (χ0v) is 15.9. The first-order valence-electron chi connectivity index (χ1n) is 9.08. The number of nitrogens with two attached hydrogens (primary N) is 1. The van der Waals surface area contributed by atoms with Crippen LogP contribution in [0.15, 0.2) is 54.6 Å². The molecule has 0 radical (unpaired) electrons. The van der Waals surface area contributed by atoms with E-state index in [1.807, 2.05) is 30.3 Å². The molecule has 0 heterocycles. The Kier molecular flexibility index (Phi) is 8.56. The second-order valence-electron chi connectivity index (χ2n) is 6.61. The highest BCUT2D eigenvalue weighted by molar-refractivity contribution is 5.78. The molecule has 0 aliphatic carbocycles. The molecule has 2 rings (SSSR count). The largest absolute Gasteiger partial charge is 0.508 e. The second-order valence-corrected chi connectivity index (χ2v) is 6.61. The number of aliphatic hydroxyl groups is 1. The third-order valence-corrected chi connectivity index (χ3v) is 4.41. The molecule has 0 saturated heterocycles. The molecule has 1 unspecified atom stereocenters. The molecule has 1 atom stereocenters. The van der Waals surface area contributed by atoms with E-state index in [1.165, 1.54) is 11.0 Å². The van der Waals surface area contributed by atoms with Crippen molar-refractivity contribution < 1.29 is 25.0 Å². The van der Waals surface area contributed by atoms with Crippen LogP contribution in [0.25, 0.3) is 0 Å². The van der Waals surface area contributed by atoms with Crippen molar-refractivity contribution >= 4 is 11.8 Å². The van der Waals surface area contributed by atoms with Crippen LogP contribution in [0, 0.1) is 0 Å². The number of hydroxylamine groups is 1. The molecular weight excluding hydrogens is 376 g/mol. The van der Waals surface area contributed by atoms with E-state index < -0.39 is 18.0 Å². The summed E-state index contributed by atoms with van der Waals surface area (Å²) in [4.78, 5) is 26.4. The quantitative estimate of drug-likeness (QED) is 0.203. The van der Waals surface area contributed by atoms with Crippen LogP contribution in [0.5, 0.6) is 5.75 Å². The SMILES string of the molecule is NC(=O)C(O)N(CCN(CC(=O)NO)Cc1ccccc1O)Cc1ccccc1. The van der Waals surface area contributed by atoms with E-state index in [0.29, 0.717) is 5.56 Å². The Labute approximate surface area is 168 Å². The van der Waals surface area contributed by atoms with Gasteiger partial charge in [0.15, 0.2) is 6.23 Å². The normalized spacial score (nSPS) is 12.1. The molecule has 0 bridgehead atoms. The van der Waals surface area contributed by atoms with E-state index in [-0.39, 0.29) is 38.5 Å². The van der Waals surface area contributed by atoms with Crippen molar-refractivity contribution in [2.45, 2.75) is 19.3 Å². The van der Waals surface area contributed by atoms with Gasteiger partial charge in [-0.3, -0.25) is 24.6 Å². The molecule has 2 amide bonds. The van der Waals surface area contributed by atoms with Gasteiger partial charge in [-0.25, -0.2) is 5.48 Å². The minimum absolute atomic E-state index is 0.0835. The summed E-state index contributed by atoms with van der Waals surface area (Å²) < 4.78 is 0. The first-order chi connectivity index (χ1) is 13.9. The average molecular weight is 402 g/mol. The first kappa shape index (κ1) is 22.3. The standard InChI is InChI=1S/C20H26N4O5/c21-19(27)20(28)24(12-15-6-2-1-3-7-15)11-10-23(14-18(26)22-29)13-16-8-4-5-9-17(16)25/h1-9,20,25,28-29H,10-14H2,(H2,21,27)(H,22,26). The first-order valence-corrected chi connectivity index (χ1v) is 9.08. The lowest BCUT2D eigenvalue weighted by Gasteiger charge is -2.29. The van der Waals surface area contributed by atoms with Gasteiger partial charge in [-0.05, 0) is 11.6 Å². The summed E-state index contributed by atoms with van der Waals surface area (Å²) in [6.45, 7) is 0.842. The molecule has 0 saturated carbocycles. The molecule has 0 aliphatic rings. The van der Waals surface area contributed by atoms with E-state index in [0.717, 1.165) is 5.56 Å². The van der Waals surface area contributed by atoms with Crippen molar-refractivity contribution in [2.75, 3.05) is 19.6 Å². The lowest BCUT2D eigenvalue weighted by molar-refractivity contribution is -0.137. The number of phenols is 1. The summed E-state index contributed by atoms with van der Waals surface area (Å²) in [5, 5.41) is 29.0. The van der Waals surface area contributed by atoms with Crippen LogP contribution in [0.2, 0.25) is 0 Å². The molecule has 0 spiro atoms. The fourth-order valence-electron chi connectivity index (χ4n) is 2.89. The summed E-state index contributed by atoms with van der Waals surface area (Å²) in [6.07, 6.45) is -1.49. The van der Waals surface area contributed by atoms with Gasteiger partial charge in [-0.1, -0.05) is 48.5 Å². The Balaban J connectivity index is 2.12. The average Bonchev–Trinajstić information content (AvgIpc) is 2.72. The summed E-state index contributed by atoms with van der Waals surface area (Å²) >= 11 is 0. The summed E-state index contributed by atoms with van der Waals surface area (Å²) in [5.41, 5.74) is 8.34. The van der Waals surface area contributed by atoms with Gasteiger partial charge in [-0.2, -0.15) is 0 Å². The Bertz CT molecular complexity index is 802. The van der Waals surface area contributed by atoms with Gasteiger partial charge in [0.25, 0.3) is 11.8 Å². The van der Waals surface area contributed by atoms with Crippen molar-refractivity contribution in [1.82, 2.24) is 15.3 Å². The Hall–Kier alpha value is -2.98. The van der Waals surface area contributed by atoms with Crippen LogP contribution in [0.4, 0.5) is 0 Å². The van der Waals surface area contributed by atoms with Gasteiger partial charge in [0.1, 0.15) is 5.75 Å². The highest BCUT2D eigenvalue weighted by Crippen LogP contribution is 2.18.